The summed E-state index contributed by atoms with van der Waals surface area (Å²) in [6.07, 6.45) is 2.01. The van der Waals surface area contributed by atoms with Crippen molar-refractivity contribution in [1.29, 1.82) is 5.26 Å². The number of rotatable bonds is 4. The molecule has 0 radical (unpaired) electrons. The average Bonchev–Trinajstić information content (AvgIpc) is 2.98. The molecule has 1 aromatic carbocycles. The molecule has 0 saturated carbocycles. The van der Waals surface area contributed by atoms with Crippen LogP contribution in [0.25, 0.3) is 11.2 Å². The second kappa shape index (κ2) is 7.84. The number of imidazole rings is 1. The molecule has 30 heavy (non-hydrogen) atoms. The molecular weight excluding hydrogens is 378 g/mol. The average molecular weight is 406 g/mol. The highest BCUT2D eigenvalue weighted by molar-refractivity contribution is 5.89. The van der Waals surface area contributed by atoms with E-state index in [4.69, 9.17) is 10.7 Å². The molecule has 1 saturated heterocycles. The molecule has 8 nitrogen and oxygen atoms in total. The maximum absolute atomic E-state index is 13.2. The number of aryl methyl sites for hydroxylation is 1. The zero-order valence-corrected chi connectivity index (χ0v) is 17.7. The van der Waals surface area contributed by atoms with Crippen molar-refractivity contribution in [3.63, 3.8) is 0 Å². The number of piperidine rings is 1. The normalized spacial score (nSPS) is 16.6. The molecule has 1 aliphatic heterocycles. The van der Waals surface area contributed by atoms with Gasteiger partial charge in [-0.05, 0) is 24.5 Å². The van der Waals surface area contributed by atoms with Gasteiger partial charge in [0, 0.05) is 46.3 Å². The molecule has 0 bridgehead atoms. The minimum absolute atomic E-state index is 0.105. The standard InChI is InChI=1S/C22H27N7O/c1-26(2)19-11-18(28-10-6-9-17(24)14-28)20-21(25-19)27(3)22(30)29(20)13-16-8-5-4-7-15(16)12-23/h4-5,7-8,11,17H,6,9-10,13-14,24H2,1-3H3/t17-/m1/s1. The first-order valence-electron chi connectivity index (χ1n) is 10.2. The van der Waals surface area contributed by atoms with E-state index in [1.165, 1.54) is 0 Å². The van der Waals surface area contributed by atoms with Gasteiger partial charge < -0.3 is 15.5 Å². The first kappa shape index (κ1) is 20.0. The van der Waals surface area contributed by atoms with Gasteiger partial charge in [-0.2, -0.15) is 5.26 Å². The summed E-state index contributed by atoms with van der Waals surface area (Å²) in [5.41, 5.74) is 9.88. The monoisotopic (exact) mass is 405 g/mol. The number of pyridine rings is 1. The van der Waals surface area contributed by atoms with Gasteiger partial charge in [0.1, 0.15) is 11.3 Å². The fourth-order valence-corrected chi connectivity index (χ4v) is 4.14. The van der Waals surface area contributed by atoms with Gasteiger partial charge in [0.05, 0.1) is 23.9 Å². The number of nitriles is 1. The van der Waals surface area contributed by atoms with E-state index in [2.05, 4.69) is 11.0 Å². The summed E-state index contributed by atoms with van der Waals surface area (Å²) in [4.78, 5) is 22.2. The van der Waals surface area contributed by atoms with Gasteiger partial charge in [-0.15, -0.1) is 0 Å². The van der Waals surface area contributed by atoms with Crippen molar-refractivity contribution >= 4 is 22.7 Å². The largest absolute Gasteiger partial charge is 0.368 e. The Labute approximate surface area is 175 Å². The van der Waals surface area contributed by atoms with Crippen LogP contribution in [0.15, 0.2) is 35.1 Å². The molecule has 0 aliphatic carbocycles. The Morgan fingerprint density at radius 2 is 2.10 bits per heavy atom. The topological polar surface area (TPSA) is 96.1 Å². The van der Waals surface area contributed by atoms with Gasteiger partial charge in [-0.3, -0.25) is 9.13 Å². The molecule has 0 unspecified atom stereocenters. The number of hydrogen-bond donors (Lipinski definition) is 1. The van der Waals surface area contributed by atoms with Crippen LogP contribution in [0.1, 0.15) is 24.0 Å². The van der Waals surface area contributed by atoms with Crippen LogP contribution in [0.5, 0.6) is 0 Å². The maximum Gasteiger partial charge on any atom is 0.330 e. The number of nitrogens with zero attached hydrogens (tertiary/aromatic N) is 6. The Kier molecular flexibility index (Phi) is 5.22. The number of anilines is 2. The van der Waals surface area contributed by atoms with Crippen molar-refractivity contribution in [2.45, 2.75) is 25.4 Å². The second-order valence-corrected chi connectivity index (χ2v) is 8.11. The molecule has 2 aromatic heterocycles. The lowest BCUT2D eigenvalue weighted by Crippen LogP contribution is -2.43. The van der Waals surface area contributed by atoms with Crippen LogP contribution in [0, 0.1) is 11.3 Å². The number of hydrogen-bond acceptors (Lipinski definition) is 6. The molecule has 2 N–H and O–H groups in total. The SMILES string of the molecule is CN(C)c1cc(N2CCC[C@@H](N)C2)c2c(n1)n(C)c(=O)n2Cc1ccccc1C#N. The molecule has 8 heteroatoms. The van der Waals surface area contributed by atoms with Crippen LogP contribution in [0.2, 0.25) is 0 Å². The smallest absolute Gasteiger partial charge is 0.330 e. The van der Waals surface area contributed by atoms with Gasteiger partial charge in [0.25, 0.3) is 0 Å². The third-order valence-electron chi connectivity index (χ3n) is 5.77. The van der Waals surface area contributed by atoms with Crippen LogP contribution in [0.4, 0.5) is 11.5 Å². The molecule has 4 rings (SSSR count). The van der Waals surface area contributed by atoms with Crippen molar-refractivity contribution in [3.8, 4) is 6.07 Å². The molecule has 1 atom stereocenters. The summed E-state index contributed by atoms with van der Waals surface area (Å²) in [6.45, 7) is 1.94. The Morgan fingerprint density at radius 3 is 2.80 bits per heavy atom. The second-order valence-electron chi connectivity index (χ2n) is 8.11. The van der Waals surface area contributed by atoms with Crippen LogP contribution in [-0.2, 0) is 13.6 Å². The molecule has 1 aliphatic rings. The van der Waals surface area contributed by atoms with Crippen molar-refractivity contribution in [2.24, 2.45) is 12.8 Å². The number of nitrogens with two attached hydrogens (primary N) is 1. The minimum Gasteiger partial charge on any atom is -0.368 e. The molecule has 3 heterocycles. The van der Waals surface area contributed by atoms with Crippen molar-refractivity contribution < 1.29 is 0 Å². The summed E-state index contributed by atoms with van der Waals surface area (Å²) in [7, 11) is 5.63. The fourth-order valence-electron chi connectivity index (χ4n) is 4.14. The molecule has 0 spiro atoms. The number of aromatic nitrogens is 3. The van der Waals surface area contributed by atoms with E-state index in [1.54, 1.807) is 22.2 Å². The van der Waals surface area contributed by atoms with Crippen LogP contribution < -0.4 is 21.2 Å². The van der Waals surface area contributed by atoms with E-state index in [9.17, 15) is 10.1 Å². The predicted molar refractivity (Wildman–Crippen MR) is 119 cm³/mol. The zero-order valence-electron chi connectivity index (χ0n) is 17.7. The summed E-state index contributed by atoms with van der Waals surface area (Å²) >= 11 is 0. The first-order valence-corrected chi connectivity index (χ1v) is 10.2. The van der Waals surface area contributed by atoms with E-state index in [-0.39, 0.29) is 11.7 Å². The van der Waals surface area contributed by atoms with Gasteiger partial charge in [0.15, 0.2) is 5.65 Å². The third-order valence-corrected chi connectivity index (χ3v) is 5.77. The van der Waals surface area contributed by atoms with Crippen LogP contribution in [-0.4, -0.2) is 47.3 Å². The van der Waals surface area contributed by atoms with E-state index in [0.29, 0.717) is 17.8 Å². The zero-order chi connectivity index (χ0) is 21.4. The molecule has 156 valence electrons. The summed E-state index contributed by atoms with van der Waals surface area (Å²) in [5, 5.41) is 9.49. The van der Waals surface area contributed by atoms with E-state index in [0.717, 1.165) is 48.5 Å². The van der Waals surface area contributed by atoms with Crippen molar-refractivity contribution in [1.82, 2.24) is 14.1 Å². The quantitative estimate of drug-likeness (QED) is 0.709. The van der Waals surface area contributed by atoms with Gasteiger partial charge in [-0.1, -0.05) is 18.2 Å². The van der Waals surface area contributed by atoms with Crippen molar-refractivity contribution in [2.75, 3.05) is 37.0 Å². The Morgan fingerprint density at radius 1 is 1.33 bits per heavy atom. The third kappa shape index (κ3) is 3.42. The Bertz CT molecular complexity index is 1180. The van der Waals surface area contributed by atoms with Gasteiger partial charge in [-0.25, -0.2) is 9.78 Å². The van der Waals surface area contributed by atoms with Crippen molar-refractivity contribution in [3.05, 3.63) is 51.9 Å². The number of fused-ring (bicyclic) bond motifs is 1. The highest BCUT2D eigenvalue weighted by Gasteiger charge is 2.25. The Balaban J connectivity index is 1.96. The lowest BCUT2D eigenvalue weighted by atomic mass is 10.1. The Hall–Kier alpha value is -3.31. The lowest BCUT2D eigenvalue weighted by molar-refractivity contribution is 0.506. The molecule has 3 aromatic rings. The van der Waals surface area contributed by atoms with E-state index < -0.39 is 0 Å². The summed E-state index contributed by atoms with van der Waals surface area (Å²) < 4.78 is 3.32. The van der Waals surface area contributed by atoms with E-state index in [1.807, 2.05) is 43.3 Å². The minimum atomic E-state index is -0.149. The fraction of sp³-hybridized carbons (Fsp3) is 0.409. The lowest BCUT2D eigenvalue weighted by Gasteiger charge is -2.33. The first-order chi connectivity index (χ1) is 14.4. The highest BCUT2D eigenvalue weighted by Crippen LogP contribution is 2.31. The van der Waals surface area contributed by atoms with Gasteiger partial charge >= 0.3 is 5.69 Å². The highest BCUT2D eigenvalue weighted by atomic mass is 16.1. The summed E-state index contributed by atoms with van der Waals surface area (Å²) in [6, 6.07) is 11.8. The summed E-state index contributed by atoms with van der Waals surface area (Å²) in [5.74, 6) is 0.793. The maximum atomic E-state index is 13.2. The predicted octanol–water partition coefficient (Wildman–Crippen LogP) is 1.65. The van der Waals surface area contributed by atoms with Gasteiger partial charge in [0.2, 0.25) is 0 Å². The van der Waals surface area contributed by atoms with Crippen LogP contribution in [0.3, 0.4) is 0 Å². The molecule has 1 fully saturated rings. The molecule has 0 amide bonds. The van der Waals surface area contributed by atoms with E-state index >= 15 is 0 Å². The van der Waals surface area contributed by atoms with Crippen LogP contribution >= 0.6 is 0 Å². The molecular formula is C22H27N7O. The number of benzene rings is 1.